The predicted octanol–water partition coefficient (Wildman–Crippen LogP) is 4.07. The number of benzene rings is 1. The Hall–Kier alpha value is -3.56. The van der Waals surface area contributed by atoms with Crippen molar-refractivity contribution in [1.29, 1.82) is 0 Å². The van der Waals surface area contributed by atoms with Crippen molar-refractivity contribution in [2.45, 2.75) is 13.0 Å². The van der Waals surface area contributed by atoms with E-state index in [1.807, 2.05) is 0 Å². The van der Waals surface area contributed by atoms with Crippen LogP contribution >= 0.6 is 22.9 Å². The molecule has 0 bridgehead atoms. The Morgan fingerprint density at radius 1 is 1.19 bits per heavy atom. The van der Waals surface area contributed by atoms with Crippen LogP contribution in [0.3, 0.4) is 0 Å². The number of aromatic carboxylic acids is 1. The van der Waals surface area contributed by atoms with Crippen molar-refractivity contribution in [2.75, 3.05) is 5.32 Å². The van der Waals surface area contributed by atoms with Gasteiger partial charge in [-0.2, -0.15) is 0 Å². The number of amides is 1. The smallest absolute Gasteiger partial charge is 0.337 e. The molecule has 2 N–H and O–H groups in total. The molecule has 1 aromatic carbocycles. The average molecular weight is 455 g/mol. The summed E-state index contributed by atoms with van der Waals surface area (Å²) in [5.41, 5.74) is 0.204. The lowest BCUT2D eigenvalue weighted by Crippen LogP contribution is -2.33. The normalized spacial score (nSPS) is 11.9. The lowest BCUT2D eigenvalue weighted by atomic mass is 10.1. The molecule has 0 aliphatic carbocycles. The summed E-state index contributed by atoms with van der Waals surface area (Å²) in [5, 5.41) is 13.9. The second-order valence-corrected chi connectivity index (χ2v) is 7.89. The maximum Gasteiger partial charge on any atom is 0.337 e. The Bertz CT molecular complexity index is 1370. The molecule has 4 rings (SSSR count). The van der Waals surface area contributed by atoms with Gasteiger partial charge in [0.25, 0.3) is 5.56 Å². The summed E-state index contributed by atoms with van der Waals surface area (Å²) in [6, 6.07) is 9.04. The van der Waals surface area contributed by atoms with E-state index in [-0.39, 0.29) is 21.6 Å². The molecule has 156 valence electrons. The van der Waals surface area contributed by atoms with Crippen LogP contribution < -0.4 is 10.9 Å². The number of thiophene rings is 1. The van der Waals surface area contributed by atoms with E-state index in [4.69, 9.17) is 11.6 Å². The number of fused-ring (bicyclic) bond motifs is 1. The number of pyridine rings is 1. The summed E-state index contributed by atoms with van der Waals surface area (Å²) in [4.78, 5) is 46.8. The number of para-hydroxylation sites is 1. The molecule has 0 saturated carbocycles. The van der Waals surface area contributed by atoms with Crippen molar-refractivity contribution in [3.05, 3.63) is 75.1 Å². The van der Waals surface area contributed by atoms with Crippen LogP contribution in [0.25, 0.3) is 21.6 Å². The molecule has 0 radical (unpaired) electrons. The summed E-state index contributed by atoms with van der Waals surface area (Å²) < 4.78 is 1.20. The molecule has 10 heteroatoms. The number of anilines is 1. The van der Waals surface area contributed by atoms with Crippen molar-refractivity contribution in [3.8, 4) is 11.4 Å². The van der Waals surface area contributed by atoms with Gasteiger partial charge < -0.3 is 10.4 Å². The van der Waals surface area contributed by atoms with Crippen molar-refractivity contribution >= 4 is 50.7 Å². The second-order valence-electron chi connectivity index (χ2n) is 6.63. The van der Waals surface area contributed by atoms with Gasteiger partial charge in [0.15, 0.2) is 0 Å². The Labute approximate surface area is 184 Å². The molecule has 1 unspecified atom stereocenters. The predicted molar refractivity (Wildman–Crippen MR) is 119 cm³/mol. The first-order chi connectivity index (χ1) is 14.9. The second kappa shape index (κ2) is 8.29. The van der Waals surface area contributed by atoms with E-state index >= 15 is 0 Å². The van der Waals surface area contributed by atoms with Crippen LogP contribution in [-0.2, 0) is 4.79 Å². The van der Waals surface area contributed by atoms with E-state index in [2.05, 4.69) is 15.3 Å². The molecule has 8 nitrogen and oxygen atoms in total. The fraction of sp³-hybridized carbons (Fsp3) is 0.0952. The quantitative estimate of drug-likeness (QED) is 0.469. The van der Waals surface area contributed by atoms with Gasteiger partial charge in [0.2, 0.25) is 5.91 Å². The molecule has 0 aliphatic rings. The van der Waals surface area contributed by atoms with Crippen LogP contribution in [0.5, 0.6) is 0 Å². The van der Waals surface area contributed by atoms with Gasteiger partial charge in [0.05, 0.1) is 21.7 Å². The third-order valence-electron chi connectivity index (χ3n) is 4.71. The van der Waals surface area contributed by atoms with Gasteiger partial charge in [-0.15, -0.1) is 11.3 Å². The highest BCUT2D eigenvalue weighted by molar-refractivity contribution is 7.17. The molecule has 4 aromatic rings. The number of carboxylic acids is 1. The van der Waals surface area contributed by atoms with E-state index in [0.717, 1.165) is 11.3 Å². The Kier molecular flexibility index (Phi) is 5.53. The van der Waals surface area contributed by atoms with Gasteiger partial charge in [-0.25, -0.2) is 9.78 Å². The van der Waals surface area contributed by atoms with Crippen LogP contribution in [0.1, 0.15) is 23.3 Å². The van der Waals surface area contributed by atoms with Crippen molar-refractivity contribution in [2.24, 2.45) is 0 Å². The van der Waals surface area contributed by atoms with Gasteiger partial charge in [-0.1, -0.05) is 23.7 Å². The van der Waals surface area contributed by atoms with Crippen LogP contribution in [-0.4, -0.2) is 31.5 Å². The number of halogens is 1. The van der Waals surface area contributed by atoms with Crippen molar-refractivity contribution in [3.63, 3.8) is 0 Å². The molecular weight excluding hydrogens is 440 g/mol. The summed E-state index contributed by atoms with van der Waals surface area (Å²) in [6.07, 6.45) is 3.09. The van der Waals surface area contributed by atoms with Gasteiger partial charge in [0, 0.05) is 23.3 Å². The zero-order valence-electron chi connectivity index (χ0n) is 16.1. The number of carbonyl (C=O) groups excluding carboxylic acids is 1. The molecule has 31 heavy (non-hydrogen) atoms. The van der Waals surface area contributed by atoms with E-state index in [0.29, 0.717) is 16.3 Å². The first-order valence-corrected chi connectivity index (χ1v) is 10.4. The summed E-state index contributed by atoms with van der Waals surface area (Å²) in [6.45, 7) is 1.54. The topological polar surface area (TPSA) is 114 Å². The van der Waals surface area contributed by atoms with Gasteiger partial charge >= 0.3 is 5.97 Å². The molecule has 0 fully saturated rings. The Morgan fingerprint density at radius 2 is 1.90 bits per heavy atom. The molecule has 0 spiro atoms. The number of rotatable bonds is 5. The fourth-order valence-electron chi connectivity index (χ4n) is 3.14. The fourth-order valence-corrected chi connectivity index (χ4v) is 4.23. The monoisotopic (exact) mass is 454 g/mol. The standard InChI is InChI=1S/C21H15ClN4O4S/c1-11(18(27)24-15-5-3-2-4-14(15)22)26-17(12-6-8-23-9-7-12)25-19-16(20(26)28)13(10-31-19)21(29)30/h2-11H,1H3,(H,24,27)(H,29,30). The van der Waals surface area contributed by atoms with E-state index in [1.165, 1.54) is 9.95 Å². The minimum Gasteiger partial charge on any atom is -0.478 e. The summed E-state index contributed by atoms with van der Waals surface area (Å²) in [5.74, 6) is -1.50. The largest absolute Gasteiger partial charge is 0.478 e. The van der Waals surface area contributed by atoms with E-state index < -0.39 is 23.5 Å². The van der Waals surface area contributed by atoms with Crippen LogP contribution in [0.15, 0.2) is 59.0 Å². The molecule has 0 aliphatic heterocycles. The number of carbonyl (C=O) groups is 2. The molecular formula is C21H15ClN4O4S. The SMILES string of the molecule is CC(C(=O)Nc1ccccc1Cl)n1c(-c2ccncc2)nc2scc(C(=O)O)c2c1=O. The Balaban J connectivity index is 1.90. The molecule has 3 aromatic heterocycles. The van der Waals surface area contributed by atoms with Gasteiger partial charge in [-0.3, -0.25) is 19.1 Å². The van der Waals surface area contributed by atoms with E-state index in [1.54, 1.807) is 55.7 Å². The number of aromatic nitrogens is 3. The number of nitrogens with one attached hydrogen (secondary N) is 1. The minimum atomic E-state index is -1.23. The highest BCUT2D eigenvalue weighted by atomic mass is 35.5. The number of hydrogen-bond acceptors (Lipinski definition) is 6. The number of nitrogens with zero attached hydrogens (tertiary/aromatic N) is 3. The maximum atomic E-state index is 13.4. The van der Waals surface area contributed by atoms with Crippen LogP contribution in [0.2, 0.25) is 5.02 Å². The molecule has 1 atom stereocenters. The Morgan fingerprint density at radius 3 is 2.58 bits per heavy atom. The highest BCUT2D eigenvalue weighted by Gasteiger charge is 2.26. The van der Waals surface area contributed by atoms with Crippen LogP contribution in [0.4, 0.5) is 5.69 Å². The zero-order valence-corrected chi connectivity index (χ0v) is 17.6. The lowest BCUT2D eigenvalue weighted by molar-refractivity contribution is -0.118. The third kappa shape index (κ3) is 3.80. The van der Waals surface area contributed by atoms with Crippen molar-refractivity contribution in [1.82, 2.24) is 14.5 Å². The van der Waals surface area contributed by atoms with E-state index in [9.17, 15) is 19.5 Å². The molecule has 0 saturated heterocycles. The van der Waals surface area contributed by atoms with Crippen molar-refractivity contribution < 1.29 is 14.7 Å². The first-order valence-electron chi connectivity index (χ1n) is 9.11. The number of carboxylic acid groups (broad SMARTS) is 1. The van der Waals surface area contributed by atoms with Gasteiger partial charge in [-0.05, 0) is 31.2 Å². The molecule has 1 amide bonds. The zero-order chi connectivity index (χ0) is 22.1. The summed E-state index contributed by atoms with van der Waals surface area (Å²) >= 11 is 7.19. The average Bonchev–Trinajstić information content (AvgIpc) is 3.20. The lowest BCUT2D eigenvalue weighted by Gasteiger charge is -2.19. The van der Waals surface area contributed by atoms with Crippen LogP contribution in [0, 0.1) is 0 Å². The number of hydrogen-bond donors (Lipinski definition) is 2. The first kappa shape index (κ1) is 20.7. The minimum absolute atomic E-state index is 0.0345. The summed E-state index contributed by atoms with van der Waals surface area (Å²) in [7, 11) is 0. The molecule has 3 heterocycles. The maximum absolute atomic E-state index is 13.4. The third-order valence-corrected chi connectivity index (χ3v) is 5.91. The highest BCUT2D eigenvalue weighted by Crippen LogP contribution is 2.28. The van der Waals surface area contributed by atoms with Gasteiger partial charge in [0.1, 0.15) is 16.7 Å².